The molecule has 0 atom stereocenters. The average Bonchev–Trinajstić information content (AvgIpc) is 3.03. The summed E-state index contributed by atoms with van der Waals surface area (Å²) in [6.45, 7) is 0. The highest BCUT2D eigenvalue weighted by Crippen LogP contribution is 2.29. The van der Waals surface area contributed by atoms with E-state index in [1.807, 2.05) is 0 Å². The lowest BCUT2D eigenvalue weighted by atomic mass is 10.2. The molecule has 26 heavy (non-hydrogen) atoms. The monoisotopic (exact) mass is 399 g/mol. The Hall–Kier alpha value is -2.65. The topological polar surface area (TPSA) is 65.1 Å². The summed E-state index contributed by atoms with van der Waals surface area (Å²) in [5.74, 6) is -1.60. The number of benzene rings is 1. The highest BCUT2D eigenvalue weighted by molar-refractivity contribution is 6.43. The van der Waals surface area contributed by atoms with E-state index in [0.29, 0.717) is 5.69 Å². The van der Waals surface area contributed by atoms with Gasteiger partial charge in [-0.1, -0.05) is 29.3 Å². The first-order valence-electron chi connectivity index (χ1n) is 7.06. The van der Waals surface area contributed by atoms with Crippen molar-refractivity contribution in [1.29, 1.82) is 0 Å². The minimum Gasteiger partial charge on any atom is -0.282 e. The number of aromatic nitrogens is 5. The minimum absolute atomic E-state index is 0.0506. The molecular weight excluding hydrogens is 394 g/mol. The first-order valence-corrected chi connectivity index (χ1v) is 7.81. The van der Waals surface area contributed by atoms with Crippen molar-refractivity contribution in [3.05, 3.63) is 62.9 Å². The number of fused-ring (bicyclic) bond motifs is 3. The molecule has 132 valence electrons. The van der Waals surface area contributed by atoms with Crippen molar-refractivity contribution in [2.45, 2.75) is 6.18 Å². The highest BCUT2D eigenvalue weighted by atomic mass is 35.5. The lowest BCUT2D eigenvalue weighted by molar-refractivity contribution is -0.144. The first kappa shape index (κ1) is 16.8. The highest BCUT2D eigenvalue weighted by Gasteiger charge is 2.36. The Balaban J connectivity index is 2.01. The molecule has 0 fully saturated rings. The van der Waals surface area contributed by atoms with E-state index in [1.165, 1.54) is 16.8 Å². The molecule has 6 nitrogen and oxygen atoms in total. The van der Waals surface area contributed by atoms with Crippen molar-refractivity contribution in [3.63, 3.8) is 0 Å². The van der Waals surface area contributed by atoms with Crippen LogP contribution >= 0.6 is 23.2 Å². The fraction of sp³-hybridized carbons (Fsp3) is 0.0667. The van der Waals surface area contributed by atoms with Gasteiger partial charge in [0.05, 0.1) is 26.6 Å². The van der Waals surface area contributed by atoms with Gasteiger partial charge in [0, 0.05) is 12.4 Å². The van der Waals surface area contributed by atoms with Gasteiger partial charge in [0.15, 0.2) is 0 Å². The summed E-state index contributed by atoms with van der Waals surface area (Å²) in [6.07, 6.45) is -2.20. The van der Waals surface area contributed by atoms with Gasteiger partial charge in [-0.15, -0.1) is 5.10 Å². The van der Waals surface area contributed by atoms with Crippen LogP contribution in [0.4, 0.5) is 13.2 Å². The first-order chi connectivity index (χ1) is 12.3. The second-order valence-corrected chi connectivity index (χ2v) is 6.05. The number of hydrogen-bond donors (Lipinski definition) is 0. The largest absolute Gasteiger partial charge is 0.453 e. The van der Waals surface area contributed by atoms with Crippen LogP contribution in [0.1, 0.15) is 5.82 Å². The number of pyridine rings is 1. The molecule has 0 amide bonds. The molecule has 0 saturated heterocycles. The van der Waals surface area contributed by atoms with Crippen LogP contribution in [0.2, 0.25) is 10.0 Å². The van der Waals surface area contributed by atoms with Gasteiger partial charge in [-0.2, -0.15) is 22.7 Å². The van der Waals surface area contributed by atoms with E-state index in [2.05, 4.69) is 15.1 Å². The van der Waals surface area contributed by atoms with Crippen molar-refractivity contribution in [2.24, 2.45) is 0 Å². The van der Waals surface area contributed by atoms with Crippen LogP contribution in [0.25, 0.3) is 22.4 Å². The third-order valence-corrected chi connectivity index (χ3v) is 4.49. The summed E-state index contributed by atoms with van der Waals surface area (Å²) in [4.78, 5) is 19.9. The maximum atomic E-state index is 12.8. The molecule has 0 aliphatic heterocycles. The minimum atomic E-state index is -4.72. The molecule has 0 aliphatic carbocycles. The van der Waals surface area contributed by atoms with E-state index in [0.717, 1.165) is 10.7 Å². The van der Waals surface area contributed by atoms with Gasteiger partial charge in [-0.3, -0.25) is 9.36 Å². The van der Waals surface area contributed by atoms with Gasteiger partial charge in [-0.05, 0) is 18.2 Å². The molecule has 4 aromatic rings. The Bertz CT molecular complexity index is 1230. The summed E-state index contributed by atoms with van der Waals surface area (Å²) in [6, 6.07) is 6.20. The fourth-order valence-corrected chi connectivity index (χ4v) is 2.89. The molecule has 11 heteroatoms. The molecule has 0 unspecified atom stereocenters. The van der Waals surface area contributed by atoms with Crippen molar-refractivity contribution in [3.8, 4) is 5.69 Å². The zero-order valence-corrected chi connectivity index (χ0v) is 14.0. The van der Waals surface area contributed by atoms with Crippen LogP contribution in [-0.4, -0.2) is 24.1 Å². The number of rotatable bonds is 1. The van der Waals surface area contributed by atoms with E-state index >= 15 is 0 Å². The second kappa shape index (κ2) is 5.68. The number of hydrogen-bond acceptors (Lipinski definition) is 4. The van der Waals surface area contributed by atoms with Crippen LogP contribution in [-0.2, 0) is 6.18 Å². The van der Waals surface area contributed by atoms with Crippen LogP contribution in [0.15, 0.2) is 41.5 Å². The molecular formula is C15H6Cl2F3N5O. The second-order valence-electron chi connectivity index (χ2n) is 5.27. The zero-order valence-electron chi connectivity index (χ0n) is 12.5. The van der Waals surface area contributed by atoms with Crippen molar-refractivity contribution >= 4 is 39.9 Å². The molecule has 0 bridgehead atoms. The third-order valence-electron chi connectivity index (χ3n) is 3.68. The van der Waals surface area contributed by atoms with Gasteiger partial charge in [0.1, 0.15) is 0 Å². The number of halogens is 5. The van der Waals surface area contributed by atoms with Gasteiger partial charge >= 0.3 is 6.18 Å². The van der Waals surface area contributed by atoms with Crippen molar-refractivity contribution in [1.82, 2.24) is 24.1 Å². The zero-order chi connectivity index (χ0) is 18.6. The lowest BCUT2D eigenvalue weighted by Crippen LogP contribution is -2.19. The van der Waals surface area contributed by atoms with Crippen LogP contribution < -0.4 is 5.56 Å². The van der Waals surface area contributed by atoms with E-state index in [9.17, 15) is 18.0 Å². The summed E-state index contributed by atoms with van der Waals surface area (Å²) >= 11 is 12.1. The maximum absolute atomic E-state index is 12.8. The Morgan fingerprint density at radius 2 is 1.88 bits per heavy atom. The molecule has 1 aromatic carbocycles. The number of alkyl halides is 3. The Labute approximate surface area is 152 Å². The SMILES string of the molecule is O=c1c2cnc3nc(C(F)(F)F)nn3c2ccn1-c1cccc(Cl)c1Cl. The van der Waals surface area contributed by atoms with Crippen LogP contribution in [0.5, 0.6) is 0 Å². The Morgan fingerprint density at radius 1 is 1.12 bits per heavy atom. The fourth-order valence-electron chi connectivity index (χ4n) is 2.51. The van der Waals surface area contributed by atoms with E-state index < -0.39 is 17.6 Å². The molecule has 3 aromatic heterocycles. The predicted octanol–water partition coefficient (Wildman–Crippen LogP) is 3.75. The molecule has 0 saturated carbocycles. The predicted molar refractivity (Wildman–Crippen MR) is 88.9 cm³/mol. The van der Waals surface area contributed by atoms with Crippen LogP contribution in [0, 0.1) is 0 Å². The van der Waals surface area contributed by atoms with E-state index in [1.54, 1.807) is 18.2 Å². The summed E-state index contributed by atoms with van der Waals surface area (Å²) in [5, 5.41) is 3.89. The van der Waals surface area contributed by atoms with Gasteiger partial charge in [0.2, 0.25) is 0 Å². The molecule has 3 heterocycles. The lowest BCUT2D eigenvalue weighted by Gasteiger charge is -2.10. The molecule has 0 aliphatic rings. The summed E-state index contributed by atoms with van der Waals surface area (Å²) < 4.78 is 40.5. The van der Waals surface area contributed by atoms with Crippen molar-refractivity contribution < 1.29 is 13.2 Å². The van der Waals surface area contributed by atoms with Gasteiger partial charge < -0.3 is 0 Å². The van der Waals surface area contributed by atoms with E-state index in [-0.39, 0.29) is 26.7 Å². The van der Waals surface area contributed by atoms with Gasteiger partial charge in [-0.25, -0.2) is 4.98 Å². The molecule has 0 N–H and O–H groups in total. The van der Waals surface area contributed by atoms with Crippen molar-refractivity contribution in [2.75, 3.05) is 0 Å². The summed E-state index contributed by atoms with van der Waals surface area (Å²) in [7, 11) is 0. The van der Waals surface area contributed by atoms with Crippen LogP contribution in [0.3, 0.4) is 0 Å². The normalized spacial score (nSPS) is 12.2. The average molecular weight is 400 g/mol. The number of nitrogens with zero attached hydrogens (tertiary/aromatic N) is 5. The molecule has 4 rings (SSSR count). The quantitative estimate of drug-likeness (QED) is 0.488. The molecule has 0 radical (unpaired) electrons. The standard InChI is InChI=1S/C15H6Cl2F3N5O/c16-8-2-1-3-10(11(8)17)24-5-4-9-7(12(24)26)6-21-14-22-13(15(18,19)20)23-25(9)14/h1-6H. The molecule has 0 spiro atoms. The Morgan fingerprint density at radius 3 is 2.62 bits per heavy atom. The van der Waals surface area contributed by atoms with Gasteiger partial charge in [0.25, 0.3) is 17.2 Å². The Kier molecular flexibility index (Phi) is 3.67. The smallest absolute Gasteiger partial charge is 0.282 e. The summed E-state index contributed by atoms with van der Waals surface area (Å²) in [5.41, 5.74) is -0.0664. The van der Waals surface area contributed by atoms with E-state index in [4.69, 9.17) is 23.2 Å². The maximum Gasteiger partial charge on any atom is 0.453 e. The third kappa shape index (κ3) is 2.51.